The molecule has 0 saturated heterocycles. The van der Waals surface area contributed by atoms with E-state index in [1.807, 2.05) is 13.8 Å². The Kier molecular flexibility index (Phi) is 13.2. The lowest BCUT2D eigenvalue weighted by Crippen LogP contribution is -2.47. The Morgan fingerprint density at radius 2 is 1.29 bits per heavy atom. The van der Waals surface area contributed by atoms with E-state index in [1.165, 1.54) is 0 Å². The molecule has 0 N–H and O–H groups in total. The van der Waals surface area contributed by atoms with Gasteiger partial charge in [-0.3, -0.25) is 4.79 Å². The van der Waals surface area contributed by atoms with Crippen molar-refractivity contribution in [2.24, 2.45) is 23.7 Å². The molecule has 0 rings (SSSR count). The zero-order valence-electron chi connectivity index (χ0n) is 15.4. The molecule has 0 aromatic rings. The summed E-state index contributed by atoms with van der Waals surface area (Å²) in [6.45, 7) is 17.1. The van der Waals surface area contributed by atoms with Crippen LogP contribution in [0, 0.1) is 23.7 Å². The monoisotopic (exact) mass is 300 g/mol. The van der Waals surface area contributed by atoms with Crippen LogP contribution in [0.25, 0.3) is 0 Å². The highest BCUT2D eigenvalue weighted by molar-refractivity contribution is 5.64. The molecule has 21 heavy (non-hydrogen) atoms. The molecule has 0 bridgehead atoms. The quantitative estimate of drug-likeness (QED) is 0.621. The van der Waals surface area contributed by atoms with E-state index in [4.69, 9.17) is 4.74 Å². The zero-order valence-corrected chi connectivity index (χ0v) is 15.4. The number of ether oxygens (including phenoxy) is 1. The molecule has 0 fully saturated rings. The Labute approximate surface area is 132 Å². The van der Waals surface area contributed by atoms with Gasteiger partial charge < -0.3 is 4.74 Å². The van der Waals surface area contributed by atoms with Crippen molar-refractivity contribution in [1.82, 2.24) is 0 Å². The van der Waals surface area contributed by atoms with Crippen LogP contribution in [-0.2, 0) is 14.6 Å². The topological polar surface area (TPSA) is 46.2 Å². The van der Waals surface area contributed by atoms with Crippen LogP contribution in [-0.4, -0.2) is 25.1 Å². The van der Waals surface area contributed by atoms with Crippen LogP contribution in [0.2, 0.25) is 0 Å². The Bertz CT molecular complexity index is 239. The minimum absolute atomic E-state index is 0.0556. The summed E-state index contributed by atoms with van der Waals surface area (Å²) < 4.78 is 5.92. The average Bonchev–Trinajstić information content (AvgIpc) is 2.47. The van der Waals surface area contributed by atoms with Crippen molar-refractivity contribution < 1.29 is 14.6 Å². The number of rotatable bonds is 9. The van der Waals surface area contributed by atoms with Crippen molar-refractivity contribution in [3.63, 3.8) is 0 Å². The third kappa shape index (κ3) is 8.57. The maximum atomic E-state index is 11.4. The standard InChI is InChI=1S/C14H27O2.C4H9O/c1-7-12(5)14(10-15,13(6)8-2)16-9-11(3)4;1-4(2)3-5/h11-13H,7-9H2,1-6H3;4H,3H2,1-2H3. The smallest absolute Gasteiger partial charge is 0.233 e. The highest BCUT2D eigenvalue weighted by Crippen LogP contribution is 2.33. The maximum Gasteiger partial charge on any atom is 0.233 e. The van der Waals surface area contributed by atoms with Crippen LogP contribution in [0.15, 0.2) is 0 Å². The fourth-order valence-corrected chi connectivity index (χ4v) is 1.91. The van der Waals surface area contributed by atoms with Crippen LogP contribution in [0.1, 0.15) is 68.2 Å². The van der Waals surface area contributed by atoms with Gasteiger partial charge in [0.15, 0.2) is 0 Å². The van der Waals surface area contributed by atoms with Gasteiger partial charge in [-0.15, -0.1) is 0 Å². The molecule has 2 unspecified atom stereocenters. The van der Waals surface area contributed by atoms with E-state index in [-0.39, 0.29) is 18.4 Å². The SMILES string of the molecule is CC(C)C[O].CCC(C)C([C]=O)(OCC(C)C)C(C)CC. The van der Waals surface area contributed by atoms with Gasteiger partial charge in [0.1, 0.15) is 5.60 Å². The lowest BCUT2D eigenvalue weighted by molar-refractivity contribution is -0.0782. The number of hydrogen-bond acceptors (Lipinski definition) is 2. The molecule has 0 saturated carbocycles. The number of hydrogen-bond donors (Lipinski definition) is 0. The normalized spacial score (nSPS) is 16.9. The first-order valence-electron chi connectivity index (χ1n) is 8.32. The summed E-state index contributed by atoms with van der Waals surface area (Å²) >= 11 is 0. The highest BCUT2D eigenvalue weighted by Gasteiger charge is 2.42. The second kappa shape index (κ2) is 12.2. The summed E-state index contributed by atoms with van der Waals surface area (Å²) in [5, 5.41) is 9.63. The summed E-state index contributed by atoms with van der Waals surface area (Å²) in [6, 6.07) is 0. The fourth-order valence-electron chi connectivity index (χ4n) is 1.91. The van der Waals surface area contributed by atoms with E-state index in [0.29, 0.717) is 18.4 Å². The zero-order chi connectivity index (χ0) is 17.1. The molecular weight excluding hydrogens is 264 g/mol. The second-order valence-corrected chi connectivity index (χ2v) is 6.78. The van der Waals surface area contributed by atoms with Gasteiger partial charge in [0, 0.05) is 0 Å². The molecule has 3 nitrogen and oxygen atoms in total. The highest BCUT2D eigenvalue weighted by atomic mass is 16.5. The van der Waals surface area contributed by atoms with E-state index in [0.717, 1.165) is 12.8 Å². The molecule has 0 spiro atoms. The van der Waals surface area contributed by atoms with Gasteiger partial charge in [-0.2, -0.15) is 0 Å². The van der Waals surface area contributed by atoms with Gasteiger partial charge >= 0.3 is 0 Å². The summed E-state index contributed by atoms with van der Waals surface area (Å²) in [5.74, 6) is 1.22. The molecule has 0 aromatic heterocycles. The van der Waals surface area contributed by atoms with Crippen molar-refractivity contribution in [2.75, 3.05) is 13.2 Å². The van der Waals surface area contributed by atoms with Gasteiger partial charge in [-0.05, 0) is 23.7 Å². The molecular formula is C18H36O3. The predicted octanol–water partition coefficient (Wildman–Crippen LogP) is 4.67. The Morgan fingerprint density at radius 3 is 1.48 bits per heavy atom. The lowest BCUT2D eigenvalue weighted by Gasteiger charge is -2.38. The van der Waals surface area contributed by atoms with Crippen LogP contribution >= 0.6 is 0 Å². The Hall–Kier alpha value is -0.410. The Morgan fingerprint density at radius 1 is 0.905 bits per heavy atom. The average molecular weight is 300 g/mol. The fraction of sp³-hybridized carbons (Fsp3) is 0.944. The molecule has 3 heteroatoms. The summed E-state index contributed by atoms with van der Waals surface area (Å²) in [6.07, 6.45) is 4.08. The van der Waals surface area contributed by atoms with E-state index in [9.17, 15) is 9.90 Å². The van der Waals surface area contributed by atoms with Crippen molar-refractivity contribution in [3.8, 4) is 0 Å². The van der Waals surface area contributed by atoms with Gasteiger partial charge in [-0.25, -0.2) is 5.11 Å². The van der Waals surface area contributed by atoms with Crippen LogP contribution < -0.4 is 0 Å². The van der Waals surface area contributed by atoms with Gasteiger partial charge in [0.05, 0.1) is 13.2 Å². The van der Waals surface area contributed by atoms with Gasteiger partial charge in [-0.1, -0.05) is 68.2 Å². The molecule has 0 heterocycles. The molecule has 0 aliphatic carbocycles. The molecule has 126 valence electrons. The second-order valence-electron chi connectivity index (χ2n) is 6.78. The molecule has 2 atom stereocenters. The predicted molar refractivity (Wildman–Crippen MR) is 88.5 cm³/mol. The maximum absolute atomic E-state index is 11.4. The molecule has 0 aliphatic heterocycles. The molecule has 2 radical (unpaired) electrons. The third-order valence-electron chi connectivity index (χ3n) is 3.84. The van der Waals surface area contributed by atoms with Gasteiger partial charge in [0.25, 0.3) is 0 Å². The Balaban J connectivity index is 0. The lowest BCUT2D eigenvalue weighted by atomic mass is 9.77. The number of carbonyl (C=O) groups excluding carboxylic acids is 1. The van der Waals surface area contributed by atoms with Crippen molar-refractivity contribution in [2.45, 2.75) is 73.8 Å². The molecule has 0 aromatic carbocycles. The molecule has 0 amide bonds. The first-order chi connectivity index (χ1) is 9.71. The van der Waals surface area contributed by atoms with Crippen molar-refractivity contribution in [1.29, 1.82) is 0 Å². The van der Waals surface area contributed by atoms with Crippen molar-refractivity contribution in [3.05, 3.63) is 0 Å². The first kappa shape index (κ1) is 22.9. The summed E-state index contributed by atoms with van der Waals surface area (Å²) in [5.41, 5.74) is -0.715. The van der Waals surface area contributed by atoms with Crippen LogP contribution in [0.5, 0.6) is 0 Å². The summed E-state index contributed by atoms with van der Waals surface area (Å²) in [7, 11) is 0. The van der Waals surface area contributed by atoms with E-state index in [2.05, 4.69) is 47.8 Å². The largest absolute Gasteiger partial charge is 0.366 e. The van der Waals surface area contributed by atoms with E-state index in [1.54, 1.807) is 0 Å². The third-order valence-corrected chi connectivity index (χ3v) is 3.84. The minimum atomic E-state index is -0.715. The van der Waals surface area contributed by atoms with E-state index < -0.39 is 5.60 Å². The van der Waals surface area contributed by atoms with Crippen LogP contribution in [0.4, 0.5) is 0 Å². The summed E-state index contributed by atoms with van der Waals surface area (Å²) in [4.78, 5) is 11.4. The van der Waals surface area contributed by atoms with E-state index >= 15 is 0 Å². The van der Waals surface area contributed by atoms with Crippen LogP contribution in [0.3, 0.4) is 0 Å². The first-order valence-corrected chi connectivity index (χ1v) is 8.32. The molecule has 0 aliphatic rings. The minimum Gasteiger partial charge on any atom is -0.366 e. The van der Waals surface area contributed by atoms with Crippen molar-refractivity contribution >= 4 is 6.29 Å². The van der Waals surface area contributed by atoms with Gasteiger partial charge in [0.2, 0.25) is 6.29 Å².